The van der Waals surface area contributed by atoms with Crippen LogP contribution in [0.25, 0.3) is 0 Å². The fourth-order valence-corrected chi connectivity index (χ4v) is 3.26. The molecule has 19 heavy (non-hydrogen) atoms. The van der Waals surface area contributed by atoms with Gasteiger partial charge in [-0.15, -0.1) is 0 Å². The van der Waals surface area contributed by atoms with Gasteiger partial charge in [0.2, 0.25) is 0 Å². The van der Waals surface area contributed by atoms with E-state index in [1.165, 1.54) is 77.5 Å². The molecule has 1 heterocycles. The predicted octanol–water partition coefficient (Wildman–Crippen LogP) is 4.06. The molecule has 0 aromatic heterocycles. The molecule has 2 atom stereocenters. The van der Waals surface area contributed by atoms with Crippen LogP contribution in [0.4, 0.5) is 0 Å². The Bertz CT molecular complexity index is 199. The third-order valence-electron chi connectivity index (χ3n) is 4.65. The van der Waals surface area contributed by atoms with E-state index < -0.39 is 0 Å². The summed E-state index contributed by atoms with van der Waals surface area (Å²) in [5.74, 6) is 0.885. The second-order valence-corrected chi connectivity index (χ2v) is 6.35. The zero-order chi connectivity index (χ0) is 13.9. The van der Waals surface area contributed by atoms with Crippen molar-refractivity contribution in [3.8, 4) is 0 Å². The van der Waals surface area contributed by atoms with Crippen LogP contribution in [0, 0.1) is 5.92 Å². The first-order valence-corrected chi connectivity index (χ1v) is 8.72. The van der Waals surface area contributed by atoms with Crippen LogP contribution >= 0.6 is 0 Å². The molecular formula is C17H36N2. The van der Waals surface area contributed by atoms with Crippen LogP contribution in [-0.2, 0) is 0 Å². The van der Waals surface area contributed by atoms with Crippen molar-refractivity contribution in [1.29, 1.82) is 0 Å². The van der Waals surface area contributed by atoms with Crippen LogP contribution in [0.2, 0.25) is 0 Å². The zero-order valence-electron chi connectivity index (χ0n) is 13.6. The Morgan fingerprint density at radius 2 is 1.95 bits per heavy atom. The summed E-state index contributed by atoms with van der Waals surface area (Å²) in [5.41, 5.74) is 0. The normalized spacial score (nSPS) is 21.8. The highest BCUT2D eigenvalue weighted by molar-refractivity contribution is 4.75. The van der Waals surface area contributed by atoms with Gasteiger partial charge in [-0.05, 0) is 51.7 Å². The predicted molar refractivity (Wildman–Crippen MR) is 85.7 cm³/mol. The summed E-state index contributed by atoms with van der Waals surface area (Å²) in [7, 11) is 0. The number of hydrogen-bond donors (Lipinski definition) is 1. The highest BCUT2D eigenvalue weighted by atomic mass is 15.1. The molecule has 1 aliphatic heterocycles. The summed E-state index contributed by atoms with van der Waals surface area (Å²) in [5, 5.41) is 3.54. The van der Waals surface area contributed by atoms with Gasteiger partial charge >= 0.3 is 0 Å². The van der Waals surface area contributed by atoms with Gasteiger partial charge in [0.1, 0.15) is 0 Å². The van der Waals surface area contributed by atoms with Crippen LogP contribution < -0.4 is 5.32 Å². The summed E-state index contributed by atoms with van der Waals surface area (Å²) in [6.45, 7) is 12.0. The van der Waals surface area contributed by atoms with E-state index in [-0.39, 0.29) is 0 Å². The van der Waals surface area contributed by atoms with Crippen LogP contribution in [-0.4, -0.2) is 37.1 Å². The molecule has 0 amide bonds. The molecule has 1 N–H and O–H groups in total. The molecule has 0 aromatic carbocycles. The Labute approximate surface area is 121 Å². The molecule has 1 aliphatic rings. The third kappa shape index (κ3) is 7.31. The van der Waals surface area contributed by atoms with E-state index in [4.69, 9.17) is 0 Å². The highest BCUT2D eigenvalue weighted by Gasteiger charge is 2.19. The van der Waals surface area contributed by atoms with E-state index in [0.717, 1.165) is 12.0 Å². The van der Waals surface area contributed by atoms with E-state index in [1.807, 2.05) is 0 Å². The van der Waals surface area contributed by atoms with E-state index >= 15 is 0 Å². The second kappa shape index (κ2) is 10.7. The fraction of sp³-hybridized carbons (Fsp3) is 1.00. The number of rotatable bonds is 10. The molecule has 0 aromatic rings. The minimum absolute atomic E-state index is 0.772. The number of hydrogen-bond acceptors (Lipinski definition) is 2. The van der Waals surface area contributed by atoms with Crippen LogP contribution in [0.15, 0.2) is 0 Å². The van der Waals surface area contributed by atoms with Crippen molar-refractivity contribution in [2.24, 2.45) is 5.92 Å². The molecule has 1 rings (SSSR count). The molecule has 0 spiro atoms. The van der Waals surface area contributed by atoms with Crippen LogP contribution in [0.5, 0.6) is 0 Å². The van der Waals surface area contributed by atoms with Crippen molar-refractivity contribution in [3.05, 3.63) is 0 Å². The van der Waals surface area contributed by atoms with Crippen LogP contribution in [0.1, 0.15) is 72.1 Å². The van der Waals surface area contributed by atoms with Gasteiger partial charge in [-0.25, -0.2) is 0 Å². The van der Waals surface area contributed by atoms with Gasteiger partial charge in [0, 0.05) is 12.6 Å². The minimum Gasteiger partial charge on any atom is -0.316 e. The fourth-order valence-electron chi connectivity index (χ4n) is 3.26. The lowest BCUT2D eigenvalue weighted by Gasteiger charge is -2.33. The minimum atomic E-state index is 0.772. The van der Waals surface area contributed by atoms with E-state index in [9.17, 15) is 0 Å². The van der Waals surface area contributed by atoms with Crippen molar-refractivity contribution in [2.75, 3.05) is 26.2 Å². The maximum Gasteiger partial charge on any atom is 0.00669 e. The molecule has 0 aliphatic carbocycles. The molecule has 1 saturated heterocycles. The Morgan fingerprint density at radius 3 is 2.58 bits per heavy atom. The topological polar surface area (TPSA) is 15.3 Å². The summed E-state index contributed by atoms with van der Waals surface area (Å²) in [6, 6.07) is 0.772. The van der Waals surface area contributed by atoms with E-state index in [2.05, 4.69) is 31.0 Å². The van der Waals surface area contributed by atoms with E-state index in [1.54, 1.807) is 0 Å². The van der Waals surface area contributed by atoms with Crippen molar-refractivity contribution >= 4 is 0 Å². The largest absolute Gasteiger partial charge is 0.316 e. The van der Waals surface area contributed by atoms with E-state index in [0.29, 0.717) is 0 Å². The molecule has 0 radical (unpaired) electrons. The number of nitrogens with one attached hydrogen (secondary N) is 1. The van der Waals surface area contributed by atoms with Gasteiger partial charge in [-0.1, -0.05) is 46.0 Å². The summed E-state index contributed by atoms with van der Waals surface area (Å²) in [4.78, 5) is 2.71. The average molecular weight is 268 g/mol. The Morgan fingerprint density at radius 1 is 1.16 bits per heavy atom. The summed E-state index contributed by atoms with van der Waals surface area (Å²) >= 11 is 0. The molecule has 1 fully saturated rings. The lowest BCUT2D eigenvalue weighted by molar-refractivity contribution is 0.161. The van der Waals surface area contributed by atoms with Crippen molar-refractivity contribution in [3.63, 3.8) is 0 Å². The van der Waals surface area contributed by atoms with Gasteiger partial charge in [0.25, 0.3) is 0 Å². The third-order valence-corrected chi connectivity index (χ3v) is 4.65. The van der Waals surface area contributed by atoms with Crippen molar-refractivity contribution in [1.82, 2.24) is 10.2 Å². The number of nitrogens with zero attached hydrogens (tertiary/aromatic N) is 1. The van der Waals surface area contributed by atoms with Crippen LogP contribution in [0.3, 0.4) is 0 Å². The first-order valence-electron chi connectivity index (χ1n) is 8.72. The maximum atomic E-state index is 3.54. The number of unbranched alkanes of at least 4 members (excludes halogenated alkanes) is 4. The lowest BCUT2D eigenvalue weighted by Crippen LogP contribution is -2.41. The highest BCUT2D eigenvalue weighted by Crippen LogP contribution is 2.16. The Hall–Kier alpha value is -0.0800. The maximum absolute atomic E-state index is 3.54. The average Bonchev–Trinajstić information content (AvgIpc) is 2.45. The first-order chi connectivity index (χ1) is 9.27. The smallest absolute Gasteiger partial charge is 0.00669 e. The first kappa shape index (κ1) is 17.0. The molecule has 2 unspecified atom stereocenters. The Kier molecular flexibility index (Phi) is 9.54. The van der Waals surface area contributed by atoms with Gasteiger partial charge in [0.15, 0.2) is 0 Å². The standard InChI is InChI=1S/C17H36N2/c1-4-6-7-8-9-11-16(3)19(5-2)15-17-12-10-13-18-14-17/h16-18H,4-15H2,1-3H3. The SMILES string of the molecule is CCCCCCCC(C)N(CC)CC1CCCNC1. The molecule has 2 nitrogen and oxygen atoms in total. The van der Waals surface area contributed by atoms with Gasteiger partial charge in [-0.2, -0.15) is 0 Å². The van der Waals surface area contributed by atoms with Crippen molar-refractivity contribution < 1.29 is 0 Å². The van der Waals surface area contributed by atoms with Crippen molar-refractivity contribution in [2.45, 2.75) is 78.2 Å². The molecule has 2 heteroatoms. The van der Waals surface area contributed by atoms with Gasteiger partial charge < -0.3 is 10.2 Å². The Balaban J connectivity index is 2.16. The zero-order valence-corrected chi connectivity index (χ0v) is 13.6. The summed E-state index contributed by atoms with van der Waals surface area (Å²) in [6.07, 6.45) is 11.2. The molecular weight excluding hydrogens is 232 g/mol. The molecule has 114 valence electrons. The summed E-state index contributed by atoms with van der Waals surface area (Å²) < 4.78 is 0. The number of piperidine rings is 1. The monoisotopic (exact) mass is 268 g/mol. The van der Waals surface area contributed by atoms with Gasteiger partial charge in [-0.3, -0.25) is 0 Å². The second-order valence-electron chi connectivity index (χ2n) is 6.35. The van der Waals surface area contributed by atoms with Gasteiger partial charge in [0.05, 0.1) is 0 Å². The molecule has 0 bridgehead atoms. The molecule has 0 saturated carbocycles. The quantitative estimate of drug-likeness (QED) is 0.601. The lowest BCUT2D eigenvalue weighted by atomic mass is 9.97.